The summed E-state index contributed by atoms with van der Waals surface area (Å²) < 4.78 is 0. The van der Waals surface area contributed by atoms with Gasteiger partial charge >= 0.3 is 6.03 Å². The molecule has 7 nitrogen and oxygen atoms in total. The Morgan fingerprint density at radius 2 is 1.89 bits per heavy atom. The number of carbonyl (C=O) groups is 2. The molecule has 1 aromatic heterocycles. The third-order valence-electron chi connectivity index (χ3n) is 4.32. The molecule has 7 N–H and O–H groups in total. The third kappa shape index (κ3) is 3.02. The van der Waals surface area contributed by atoms with E-state index in [2.05, 4.69) is 15.6 Å². The quantitative estimate of drug-likeness (QED) is 0.364. The Hall–Kier alpha value is -4.00. The molecule has 0 unspecified atom stereocenters. The smallest absolute Gasteiger partial charge is 0.316 e. The average Bonchev–Trinajstić information content (AvgIpc) is 3.24. The Morgan fingerprint density at radius 3 is 2.59 bits per heavy atom. The van der Waals surface area contributed by atoms with Gasteiger partial charge in [-0.3, -0.25) is 4.79 Å². The van der Waals surface area contributed by atoms with E-state index in [0.717, 1.165) is 16.8 Å². The van der Waals surface area contributed by atoms with Gasteiger partial charge in [-0.05, 0) is 48.0 Å². The summed E-state index contributed by atoms with van der Waals surface area (Å²) in [6.07, 6.45) is 1.79. The number of amides is 3. The molecular formula is C20H17N5O2. The fourth-order valence-corrected chi connectivity index (χ4v) is 3.25. The molecule has 7 heteroatoms. The molecule has 1 aliphatic rings. The SMILES string of the molecule is NC(=O)Nc1ccc2c(c1)/C(=C(\c1cccc(N)c1)c1ccc[nH]1)C(=O)N2. The lowest BCUT2D eigenvalue weighted by Gasteiger charge is -2.12. The molecule has 0 saturated carbocycles. The zero-order valence-electron chi connectivity index (χ0n) is 14.2. The molecule has 0 radical (unpaired) electrons. The minimum Gasteiger partial charge on any atom is -0.399 e. The van der Waals surface area contributed by atoms with Crippen molar-refractivity contribution in [3.8, 4) is 0 Å². The number of nitrogens with one attached hydrogen (secondary N) is 3. The van der Waals surface area contributed by atoms with Gasteiger partial charge in [-0.2, -0.15) is 0 Å². The molecule has 3 amide bonds. The molecule has 4 rings (SSSR count). The van der Waals surface area contributed by atoms with Crippen LogP contribution in [0.3, 0.4) is 0 Å². The van der Waals surface area contributed by atoms with Gasteiger partial charge in [-0.15, -0.1) is 0 Å². The Kier molecular flexibility index (Phi) is 3.89. The molecule has 27 heavy (non-hydrogen) atoms. The van der Waals surface area contributed by atoms with Crippen LogP contribution in [0, 0.1) is 0 Å². The van der Waals surface area contributed by atoms with Crippen LogP contribution in [0.25, 0.3) is 11.1 Å². The van der Waals surface area contributed by atoms with Crippen LogP contribution in [0.1, 0.15) is 16.8 Å². The molecule has 0 saturated heterocycles. The number of anilines is 3. The van der Waals surface area contributed by atoms with Crippen molar-refractivity contribution in [3.63, 3.8) is 0 Å². The van der Waals surface area contributed by atoms with Crippen LogP contribution < -0.4 is 22.1 Å². The second-order valence-electron chi connectivity index (χ2n) is 6.16. The number of aromatic nitrogens is 1. The Balaban J connectivity index is 1.98. The first-order valence-electron chi connectivity index (χ1n) is 8.29. The third-order valence-corrected chi connectivity index (χ3v) is 4.32. The van der Waals surface area contributed by atoms with Crippen LogP contribution in [0.2, 0.25) is 0 Å². The molecule has 1 aliphatic heterocycles. The summed E-state index contributed by atoms with van der Waals surface area (Å²) >= 11 is 0. The Morgan fingerprint density at radius 1 is 1.04 bits per heavy atom. The highest BCUT2D eigenvalue weighted by Crippen LogP contribution is 2.40. The highest BCUT2D eigenvalue weighted by molar-refractivity contribution is 6.38. The number of rotatable bonds is 3. The number of benzene rings is 2. The monoisotopic (exact) mass is 359 g/mol. The molecule has 134 valence electrons. The summed E-state index contributed by atoms with van der Waals surface area (Å²) in [5, 5.41) is 5.41. The van der Waals surface area contributed by atoms with Gasteiger partial charge in [-0.25, -0.2) is 4.79 Å². The molecule has 0 fully saturated rings. The van der Waals surface area contributed by atoms with Crippen molar-refractivity contribution in [1.29, 1.82) is 0 Å². The van der Waals surface area contributed by atoms with Crippen molar-refractivity contribution in [2.75, 3.05) is 16.4 Å². The number of hydrogen-bond acceptors (Lipinski definition) is 3. The zero-order chi connectivity index (χ0) is 19.0. The molecule has 3 aromatic rings. The Labute approximate surface area is 155 Å². The maximum absolute atomic E-state index is 12.8. The summed E-state index contributed by atoms with van der Waals surface area (Å²) in [6.45, 7) is 0. The number of hydrogen-bond donors (Lipinski definition) is 5. The number of fused-ring (bicyclic) bond motifs is 1. The number of aromatic amines is 1. The van der Waals surface area contributed by atoms with Gasteiger partial charge in [0.2, 0.25) is 0 Å². The van der Waals surface area contributed by atoms with Gasteiger partial charge in [0.05, 0.1) is 5.57 Å². The normalized spacial score (nSPS) is 14.4. The number of nitrogens with two attached hydrogens (primary N) is 2. The van der Waals surface area contributed by atoms with Crippen LogP contribution in [0.15, 0.2) is 60.8 Å². The summed E-state index contributed by atoms with van der Waals surface area (Å²) in [6, 6.07) is 15.6. The molecular weight excluding hydrogens is 342 g/mol. The summed E-state index contributed by atoms with van der Waals surface area (Å²) in [4.78, 5) is 27.2. The molecule has 0 atom stereocenters. The number of urea groups is 1. The first kappa shape index (κ1) is 16.5. The maximum Gasteiger partial charge on any atom is 0.316 e. The van der Waals surface area contributed by atoms with Crippen molar-refractivity contribution >= 4 is 40.1 Å². The van der Waals surface area contributed by atoms with Gasteiger partial charge in [0.25, 0.3) is 5.91 Å². The molecule has 0 aliphatic carbocycles. The highest BCUT2D eigenvalue weighted by atomic mass is 16.2. The maximum atomic E-state index is 12.8. The van der Waals surface area contributed by atoms with E-state index in [9.17, 15) is 9.59 Å². The van der Waals surface area contributed by atoms with E-state index >= 15 is 0 Å². The van der Waals surface area contributed by atoms with Crippen molar-refractivity contribution in [1.82, 2.24) is 4.98 Å². The zero-order valence-corrected chi connectivity index (χ0v) is 14.2. The highest BCUT2D eigenvalue weighted by Gasteiger charge is 2.29. The average molecular weight is 359 g/mol. The largest absolute Gasteiger partial charge is 0.399 e. The summed E-state index contributed by atoms with van der Waals surface area (Å²) in [5.74, 6) is -0.228. The lowest BCUT2D eigenvalue weighted by molar-refractivity contribution is -0.110. The van der Waals surface area contributed by atoms with Crippen molar-refractivity contribution in [2.24, 2.45) is 5.73 Å². The van der Waals surface area contributed by atoms with Gasteiger partial charge in [0.15, 0.2) is 0 Å². The van der Waals surface area contributed by atoms with Crippen LogP contribution in [0.5, 0.6) is 0 Å². The number of primary amides is 1. The van der Waals surface area contributed by atoms with E-state index in [1.54, 1.807) is 30.5 Å². The molecule has 0 bridgehead atoms. The molecule has 0 spiro atoms. The van der Waals surface area contributed by atoms with Crippen LogP contribution >= 0.6 is 0 Å². The minimum atomic E-state index is -0.668. The number of carbonyl (C=O) groups excluding carboxylic acids is 2. The van der Waals surface area contributed by atoms with Crippen LogP contribution in [-0.4, -0.2) is 16.9 Å². The topological polar surface area (TPSA) is 126 Å². The number of H-pyrrole nitrogens is 1. The fraction of sp³-hybridized carbons (Fsp3) is 0. The predicted molar refractivity (Wildman–Crippen MR) is 106 cm³/mol. The standard InChI is InChI=1S/C20H17N5O2/c21-12-4-1-3-11(9-12)17(16-5-2-8-23-16)18-14-10-13(24-20(22)27)6-7-15(14)25-19(18)26/h1-10,23H,21H2,(H,25,26)(H3,22,24,27)/b18-17-. The second-order valence-corrected chi connectivity index (χ2v) is 6.16. The van der Waals surface area contributed by atoms with Gasteiger partial charge < -0.3 is 27.1 Å². The predicted octanol–water partition coefficient (Wildman–Crippen LogP) is 3.00. The summed E-state index contributed by atoms with van der Waals surface area (Å²) in [5.41, 5.74) is 16.4. The molecule has 2 heterocycles. The van der Waals surface area contributed by atoms with Crippen molar-refractivity contribution in [2.45, 2.75) is 0 Å². The fourth-order valence-electron chi connectivity index (χ4n) is 3.25. The number of nitrogen functional groups attached to an aromatic ring is 1. The van der Waals surface area contributed by atoms with Gasteiger partial charge in [0, 0.05) is 40.1 Å². The van der Waals surface area contributed by atoms with Crippen LogP contribution in [0.4, 0.5) is 21.9 Å². The van der Waals surface area contributed by atoms with Crippen molar-refractivity contribution in [3.05, 3.63) is 77.6 Å². The first-order valence-corrected chi connectivity index (χ1v) is 8.29. The van der Waals surface area contributed by atoms with E-state index in [0.29, 0.717) is 28.2 Å². The van der Waals surface area contributed by atoms with Gasteiger partial charge in [-0.1, -0.05) is 12.1 Å². The lowest BCUT2D eigenvalue weighted by atomic mass is 9.92. The second kappa shape index (κ2) is 6.38. The van der Waals surface area contributed by atoms with E-state index < -0.39 is 6.03 Å². The van der Waals surface area contributed by atoms with E-state index in [1.807, 2.05) is 30.3 Å². The van der Waals surface area contributed by atoms with Crippen LogP contribution in [-0.2, 0) is 4.79 Å². The Bertz CT molecular complexity index is 1080. The van der Waals surface area contributed by atoms with E-state index in [1.165, 1.54) is 0 Å². The van der Waals surface area contributed by atoms with E-state index in [4.69, 9.17) is 11.5 Å². The summed E-state index contributed by atoms with van der Waals surface area (Å²) in [7, 11) is 0. The molecule has 2 aromatic carbocycles. The van der Waals surface area contributed by atoms with Crippen molar-refractivity contribution < 1.29 is 9.59 Å². The first-order chi connectivity index (χ1) is 13.0. The van der Waals surface area contributed by atoms with Gasteiger partial charge in [0.1, 0.15) is 0 Å². The lowest BCUT2D eigenvalue weighted by Crippen LogP contribution is -2.19. The van der Waals surface area contributed by atoms with E-state index in [-0.39, 0.29) is 5.91 Å². The minimum absolute atomic E-state index is 0.228.